The molecule has 0 aliphatic heterocycles. The van der Waals surface area contributed by atoms with Crippen molar-refractivity contribution in [1.29, 1.82) is 0 Å². The van der Waals surface area contributed by atoms with Crippen molar-refractivity contribution in [2.45, 2.75) is 67.2 Å². The molecule has 0 aliphatic carbocycles. The molecule has 1 unspecified atom stereocenters. The number of ether oxygens (including phenoxy) is 1. The molecule has 110 valence electrons. The highest BCUT2D eigenvalue weighted by Crippen LogP contribution is 2.15. The molecule has 0 radical (unpaired) electrons. The van der Waals surface area contributed by atoms with Crippen LogP contribution in [0.15, 0.2) is 22.8 Å². The highest BCUT2D eigenvalue weighted by atomic mass is 16.5. The van der Waals surface area contributed by atoms with E-state index in [-0.39, 0.29) is 5.97 Å². The number of allylic oxidation sites excluding steroid dienone is 2. The van der Waals surface area contributed by atoms with Gasteiger partial charge in [-0.1, -0.05) is 44.3 Å². The molecule has 19 heavy (non-hydrogen) atoms. The number of esters is 1. The fourth-order valence-electron chi connectivity index (χ4n) is 1.87. The highest BCUT2D eigenvalue weighted by Gasteiger charge is 2.13. The molecule has 0 saturated carbocycles. The van der Waals surface area contributed by atoms with Gasteiger partial charge in [-0.25, -0.2) is 4.79 Å². The summed E-state index contributed by atoms with van der Waals surface area (Å²) >= 11 is 0. The topological polar surface area (TPSA) is 26.3 Å². The first kappa shape index (κ1) is 17.9. The molecule has 0 spiro atoms. The van der Waals surface area contributed by atoms with Crippen molar-refractivity contribution in [3.63, 3.8) is 0 Å². The van der Waals surface area contributed by atoms with E-state index in [9.17, 15) is 4.79 Å². The van der Waals surface area contributed by atoms with E-state index < -0.39 is 0 Å². The van der Waals surface area contributed by atoms with Crippen molar-refractivity contribution in [3.05, 3.63) is 22.8 Å². The van der Waals surface area contributed by atoms with Crippen molar-refractivity contribution in [1.82, 2.24) is 0 Å². The van der Waals surface area contributed by atoms with Gasteiger partial charge in [-0.3, -0.25) is 0 Å². The van der Waals surface area contributed by atoms with E-state index >= 15 is 0 Å². The lowest BCUT2D eigenvalue weighted by Crippen LogP contribution is -2.15. The summed E-state index contributed by atoms with van der Waals surface area (Å²) in [6.07, 6.45) is 6.53. The molecule has 0 aromatic carbocycles. The molecule has 0 heterocycles. The lowest BCUT2D eigenvalue weighted by atomic mass is 10.0. The molecule has 0 saturated heterocycles. The van der Waals surface area contributed by atoms with Crippen molar-refractivity contribution in [3.8, 4) is 0 Å². The van der Waals surface area contributed by atoms with Gasteiger partial charge in [-0.15, -0.1) is 0 Å². The third-order valence-corrected chi connectivity index (χ3v) is 3.19. The molecular weight excluding hydrogens is 236 g/mol. The van der Waals surface area contributed by atoms with Crippen LogP contribution in [0.25, 0.3) is 0 Å². The molecule has 0 amide bonds. The van der Waals surface area contributed by atoms with Gasteiger partial charge in [0.2, 0.25) is 0 Å². The van der Waals surface area contributed by atoms with E-state index in [0.29, 0.717) is 18.1 Å². The summed E-state index contributed by atoms with van der Waals surface area (Å²) in [6.45, 7) is 12.8. The first-order valence-electron chi connectivity index (χ1n) is 7.41. The van der Waals surface area contributed by atoms with E-state index in [2.05, 4.69) is 13.8 Å². The first-order chi connectivity index (χ1) is 8.92. The van der Waals surface area contributed by atoms with Gasteiger partial charge in [0.1, 0.15) is 0 Å². The predicted molar refractivity (Wildman–Crippen MR) is 82.1 cm³/mol. The summed E-state index contributed by atoms with van der Waals surface area (Å²) in [5, 5.41) is 0. The summed E-state index contributed by atoms with van der Waals surface area (Å²) < 4.78 is 5.48. The Bertz CT molecular complexity index is 329. The average Bonchev–Trinajstić information content (AvgIpc) is 2.35. The van der Waals surface area contributed by atoms with Gasteiger partial charge >= 0.3 is 5.97 Å². The smallest absolute Gasteiger partial charge is 0.338 e. The molecule has 0 bridgehead atoms. The molecule has 0 N–H and O–H groups in total. The van der Waals surface area contributed by atoms with Crippen molar-refractivity contribution < 1.29 is 9.53 Å². The zero-order valence-electron chi connectivity index (χ0n) is 13.5. The van der Waals surface area contributed by atoms with E-state index in [1.54, 1.807) is 0 Å². The van der Waals surface area contributed by atoms with Crippen LogP contribution < -0.4 is 0 Å². The van der Waals surface area contributed by atoms with Gasteiger partial charge < -0.3 is 4.74 Å². The zero-order valence-corrected chi connectivity index (χ0v) is 13.5. The number of carbonyl (C=O) groups is 1. The van der Waals surface area contributed by atoms with Gasteiger partial charge in [0.15, 0.2) is 0 Å². The minimum atomic E-state index is -0.184. The predicted octanol–water partition coefficient (Wildman–Crippen LogP) is 5.05. The summed E-state index contributed by atoms with van der Waals surface area (Å²) in [5.41, 5.74) is 2.82. The van der Waals surface area contributed by atoms with Crippen molar-refractivity contribution in [2.75, 3.05) is 6.61 Å². The molecule has 1 atom stereocenters. The van der Waals surface area contributed by atoms with Crippen LogP contribution in [-0.4, -0.2) is 12.6 Å². The van der Waals surface area contributed by atoms with E-state index in [4.69, 9.17) is 4.74 Å². The summed E-state index contributed by atoms with van der Waals surface area (Å²) in [4.78, 5) is 12.1. The van der Waals surface area contributed by atoms with Gasteiger partial charge in [0, 0.05) is 0 Å². The standard InChI is InChI=1S/C17H30O2/c1-7-9-10-15(8-2)12-19-17(18)16(14(5)6)11-13(3)4/h11,15H,7-10,12H2,1-6H3. The minimum absolute atomic E-state index is 0.184. The Morgan fingerprint density at radius 2 is 1.79 bits per heavy atom. The maximum Gasteiger partial charge on any atom is 0.338 e. The second kappa shape index (κ2) is 9.82. The molecule has 0 fully saturated rings. The molecule has 0 aromatic rings. The van der Waals surface area contributed by atoms with Crippen LogP contribution in [0.3, 0.4) is 0 Å². The normalized spacial score (nSPS) is 11.7. The third kappa shape index (κ3) is 7.86. The maximum atomic E-state index is 12.1. The highest BCUT2D eigenvalue weighted by molar-refractivity contribution is 5.92. The average molecular weight is 266 g/mol. The van der Waals surface area contributed by atoms with Crippen molar-refractivity contribution >= 4 is 5.97 Å². The Morgan fingerprint density at radius 1 is 1.16 bits per heavy atom. The second-order valence-electron chi connectivity index (χ2n) is 5.65. The molecule has 0 aliphatic rings. The fourth-order valence-corrected chi connectivity index (χ4v) is 1.87. The first-order valence-corrected chi connectivity index (χ1v) is 7.41. The van der Waals surface area contributed by atoms with Crippen LogP contribution in [-0.2, 0) is 9.53 Å². The Kier molecular flexibility index (Phi) is 9.28. The maximum absolute atomic E-state index is 12.1. The minimum Gasteiger partial charge on any atom is -0.462 e. The van der Waals surface area contributed by atoms with Gasteiger partial charge in [-0.2, -0.15) is 0 Å². The van der Waals surface area contributed by atoms with Crippen LogP contribution >= 0.6 is 0 Å². The molecule has 0 rings (SSSR count). The Morgan fingerprint density at radius 3 is 2.21 bits per heavy atom. The van der Waals surface area contributed by atoms with E-state index in [1.165, 1.54) is 12.8 Å². The van der Waals surface area contributed by atoms with Crippen LogP contribution in [0.4, 0.5) is 0 Å². The summed E-state index contributed by atoms with van der Waals surface area (Å²) in [7, 11) is 0. The number of hydrogen-bond donors (Lipinski definition) is 0. The van der Waals surface area contributed by atoms with Gasteiger partial charge in [-0.05, 0) is 46.1 Å². The number of rotatable bonds is 8. The third-order valence-electron chi connectivity index (χ3n) is 3.19. The summed E-state index contributed by atoms with van der Waals surface area (Å²) in [6, 6.07) is 0. The number of carbonyl (C=O) groups excluding carboxylic acids is 1. The lowest BCUT2D eigenvalue weighted by molar-refractivity contribution is -0.140. The largest absolute Gasteiger partial charge is 0.462 e. The SMILES string of the molecule is CCCCC(CC)COC(=O)C(C=C(C)C)=C(C)C. The quantitative estimate of drug-likeness (QED) is 0.349. The molecule has 2 heteroatoms. The molecule has 0 aromatic heterocycles. The lowest BCUT2D eigenvalue weighted by Gasteiger charge is -2.15. The monoisotopic (exact) mass is 266 g/mol. The second-order valence-corrected chi connectivity index (χ2v) is 5.65. The van der Waals surface area contributed by atoms with Gasteiger partial charge in [0.05, 0.1) is 12.2 Å². The van der Waals surface area contributed by atoms with E-state index in [0.717, 1.165) is 24.0 Å². The molecule has 2 nitrogen and oxygen atoms in total. The van der Waals surface area contributed by atoms with Crippen LogP contribution in [0.2, 0.25) is 0 Å². The van der Waals surface area contributed by atoms with Crippen LogP contribution in [0, 0.1) is 5.92 Å². The van der Waals surface area contributed by atoms with Gasteiger partial charge in [0.25, 0.3) is 0 Å². The summed E-state index contributed by atoms with van der Waals surface area (Å²) in [5.74, 6) is 0.310. The Hall–Kier alpha value is -1.05. The van der Waals surface area contributed by atoms with Crippen LogP contribution in [0.1, 0.15) is 67.2 Å². The number of hydrogen-bond acceptors (Lipinski definition) is 2. The fraction of sp³-hybridized carbons (Fsp3) is 0.706. The number of unbranched alkanes of at least 4 members (excludes halogenated alkanes) is 1. The van der Waals surface area contributed by atoms with Crippen molar-refractivity contribution in [2.24, 2.45) is 5.92 Å². The zero-order chi connectivity index (χ0) is 14.8. The van der Waals surface area contributed by atoms with Crippen LogP contribution in [0.5, 0.6) is 0 Å². The Labute approximate surface area is 118 Å². The van der Waals surface area contributed by atoms with E-state index in [1.807, 2.05) is 33.8 Å². The Balaban J connectivity index is 4.50. The molecular formula is C17H30O2.